The molecule has 88 valence electrons. The first-order chi connectivity index (χ1) is 7.30. The third kappa shape index (κ3) is 1.61. The lowest BCUT2D eigenvalue weighted by Gasteiger charge is -2.31. The van der Waals surface area contributed by atoms with Crippen molar-refractivity contribution < 1.29 is 9.90 Å². The molecule has 0 atom stereocenters. The van der Waals surface area contributed by atoms with Crippen LogP contribution in [0.2, 0.25) is 0 Å². The third-order valence-corrected chi connectivity index (χ3v) is 3.07. The van der Waals surface area contributed by atoms with Crippen molar-refractivity contribution in [1.82, 2.24) is 14.7 Å². The Morgan fingerprint density at radius 2 is 2.00 bits per heavy atom. The minimum atomic E-state index is -0.896. The average Bonchev–Trinajstić information content (AvgIpc) is 2.57. The van der Waals surface area contributed by atoms with Crippen molar-refractivity contribution in [3.05, 3.63) is 17.0 Å². The molecule has 0 bridgehead atoms. The molecule has 0 aliphatic carbocycles. The maximum absolute atomic E-state index is 11.1. The smallest absolute Gasteiger partial charge is 0.354 e. The first-order valence-electron chi connectivity index (χ1n) is 5.34. The number of hydrogen-bond donors (Lipinski definition) is 1. The Labute approximate surface area is 94.7 Å². The molecular formula is C11H17N3O2. The number of aryl methyl sites for hydroxylation is 1. The van der Waals surface area contributed by atoms with Gasteiger partial charge in [-0.2, -0.15) is 5.10 Å². The number of rotatable bonds is 1. The molecule has 0 saturated carbocycles. The predicted octanol–water partition coefficient (Wildman–Crippen LogP) is 1.23. The largest absolute Gasteiger partial charge is 0.477 e. The van der Waals surface area contributed by atoms with Gasteiger partial charge < -0.3 is 5.11 Å². The molecule has 0 saturated heterocycles. The van der Waals surface area contributed by atoms with Gasteiger partial charge in [-0.3, -0.25) is 9.58 Å². The fraction of sp³-hybridized carbons (Fsp3) is 0.636. The monoisotopic (exact) mass is 223 g/mol. The molecule has 16 heavy (non-hydrogen) atoms. The van der Waals surface area contributed by atoms with Gasteiger partial charge in [0.15, 0.2) is 5.69 Å². The Morgan fingerprint density at radius 1 is 1.38 bits per heavy atom. The maximum atomic E-state index is 11.1. The van der Waals surface area contributed by atoms with Crippen LogP contribution in [0.15, 0.2) is 0 Å². The van der Waals surface area contributed by atoms with Crippen molar-refractivity contribution in [1.29, 1.82) is 0 Å². The summed E-state index contributed by atoms with van der Waals surface area (Å²) >= 11 is 0. The first-order valence-corrected chi connectivity index (χ1v) is 5.34. The molecule has 0 aromatic carbocycles. The highest BCUT2D eigenvalue weighted by Crippen LogP contribution is 2.30. The summed E-state index contributed by atoms with van der Waals surface area (Å²) in [7, 11) is 1.68. The zero-order chi connectivity index (χ0) is 12.1. The summed E-state index contributed by atoms with van der Waals surface area (Å²) in [4.78, 5) is 13.4. The van der Waals surface area contributed by atoms with E-state index in [1.54, 1.807) is 7.05 Å². The number of aromatic carboxylic acids is 1. The Kier molecular flexibility index (Phi) is 2.31. The molecule has 1 aromatic heterocycles. The van der Waals surface area contributed by atoms with Crippen molar-refractivity contribution in [2.45, 2.75) is 39.4 Å². The molecule has 5 heteroatoms. The van der Waals surface area contributed by atoms with Crippen LogP contribution in [0.3, 0.4) is 0 Å². The number of aromatic nitrogens is 2. The van der Waals surface area contributed by atoms with Gasteiger partial charge in [0.2, 0.25) is 0 Å². The SMILES string of the molecule is Cn1nc2c(c1C(=O)O)CN(C(C)(C)C)C2. The van der Waals surface area contributed by atoms with Crippen molar-refractivity contribution >= 4 is 5.97 Å². The standard InChI is InChI=1S/C11H17N3O2/c1-11(2,3)14-5-7-8(6-14)12-13(4)9(7)10(15)16/h5-6H2,1-4H3,(H,15,16). The van der Waals surface area contributed by atoms with Crippen molar-refractivity contribution in [2.75, 3.05) is 0 Å². The maximum Gasteiger partial charge on any atom is 0.354 e. The van der Waals surface area contributed by atoms with E-state index in [1.807, 2.05) is 0 Å². The minimum absolute atomic E-state index is 0.0437. The highest BCUT2D eigenvalue weighted by molar-refractivity contribution is 5.87. The summed E-state index contributed by atoms with van der Waals surface area (Å²) in [5, 5.41) is 13.4. The van der Waals surface area contributed by atoms with Gasteiger partial charge in [-0.25, -0.2) is 4.79 Å². The molecular weight excluding hydrogens is 206 g/mol. The molecule has 5 nitrogen and oxygen atoms in total. The topological polar surface area (TPSA) is 58.4 Å². The van der Waals surface area contributed by atoms with Crippen LogP contribution in [-0.4, -0.2) is 31.3 Å². The molecule has 0 unspecified atom stereocenters. The molecule has 1 aliphatic rings. The zero-order valence-corrected chi connectivity index (χ0v) is 10.1. The van der Waals surface area contributed by atoms with Crippen molar-refractivity contribution in [3.63, 3.8) is 0 Å². The Bertz CT molecular complexity index is 443. The van der Waals surface area contributed by atoms with Crippen LogP contribution >= 0.6 is 0 Å². The van der Waals surface area contributed by atoms with E-state index in [0.717, 1.165) is 17.8 Å². The van der Waals surface area contributed by atoms with E-state index < -0.39 is 5.97 Å². The highest BCUT2D eigenvalue weighted by atomic mass is 16.4. The number of carboxylic acids is 1. The van der Waals surface area contributed by atoms with Crippen molar-refractivity contribution in [3.8, 4) is 0 Å². The highest BCUT2D eigenvalue weighted by Gasteiger charge is 2.34. The molecule has 0 radical (unpaired) electrons. The quantitative estimate of drug-likeness (QED) is 0.778. The lowest BCUT2D eigenvalue weighted by molar-refractivity contribution is 0.0679. The fourth-order valence-electron chi connectivity index (χ4n) is 2.09. The summed E-state index contributed by atoms with van der Waals surface area (Å²) in [5.41, 5.74) is 2.13. The number of carboxylic acid groups (broad SMARTS) is 1. The number of carbonyl (C=O) groups is 1. The summed E-state index contributed by atoms with van der Waals surface area (Å²) in [6.45, 7) is 7.78. The van der Waals surface area contributed by atoms with Crippen LogP contribution < -0.4 is 0 Å². The number of nitrogens with zero attached hydrogens (tertiary/aromatic N) is 3. The lowest BCUT2D eigenvalue weighted by Crippen LogP contribution is -2.37. The second kappa shape index (κ2) is 3.31. The van der Waals surface area contributed by atoms with Gasteiger partial charge in [0.25, 0.3) is 0 Å². The Morgan fingerprint density at radius 3 is 2.50 bits per heavy atom. The van der Waals surface area contributed by atoms with E-state index in [9.17, 15) is 4.79 Å². The van der Waals surface area contributed by atoms with Crippen LogP contribution in [0.1, 0.15) is 42.5 Å². The minimum Gasteiger partial charge on any atom is -0.477 e. The second-order valence-electron chi connectivity index (χ2n) is 5.23. The molecule has 0 amide bonds. The van der Waals surface area contributed by atoms with E-state index in [0.29, 0.717) is 12.2 Å². The van der Waals surface area contributed by atoms with Gasteiger partial charge in [0, 0.05) is 31.2 Å². The molecule has 0 fully saturated rings. The third-order valence-electron chi connectivity index (χ3n) is 3.07. The normalized spacial score (nSPS) is 16.5. The van der Waals surface area contributed by atoms with E-state index in [1.165, 1.54) is 4.68 Å². The first kappa shape index (κ1) is 11.1. The van der Waals surface area contributed by atoms with Gasteiger partial charge in [-0.15, -0.1) is 0 Å². The van der Waals surface area contributed by atoms with E-state index >= 15 is 0 Å². The van der Waals surface area contributed by atoms with Crippen LogP contribution in [0.5, 0.6) is 0 Å². The van der Waals surface area contributed by atoms with E-state index in [-0.39, 0.29) is 5.54 Å². The van der Waals surface area contributed by atoms with E-state index in [2.05, 4.69) is 30.8 Å². The molecule has 2 heterocycles. The van der Waals surface area contributed by atoms with Crippen molar-refractivity contribution in [2.24, 2.45) is 7.05 Å². The predicted molar refractivity (Wildman–Crippen MR) is 59.2 cm³/mol. The average molecular weight is 223 g/mol. The molecule has 1 aromatic rings. The Hall–Kier alpha value is -1.36. The summed E-state index contributed by atoms with van der Waals surface area (Å²) in [6.07, 6.45) is 0. The summed E-state index contributed by atoms with van der Waals surface area (Å²) in [6, 6.07) is 0. The summed E-state index contributed by atoms with van der Waals surface area (Å²) in [5.74, 6) is -0.896. The van der Waals surface area contributed by atoms with Crippen LogP contribution in [0.4, 0.5) is 0 Å². The zero-order valence-electron chi connectivity index (χ0n) is 10.1. The molecule has 1 N–H and O–H groups in total. The molecule has 1 aliphatic heterocycles. The van der Waals surface area contributed by atoms with Gasteiger partial charge in [0.05, 0.1) is 5.69 Å². The van der Waals surface area contributed by atoms with Crippen LogP contribution in [0.25, 0.3) is 0 Å². The lowest BCUT2D eigenvalue weighted by atomic mass is 10.1. The van der Waals surface area contributed by atoms with Gasteiger partial charge >= 0.3 is 5.97 Å². The Balaban J connectivity index is 2.37. The summed E-state index contributed by atoms with van der Waals surface area (Å²) < 4.78 is 1.47. The van der Waals surface area contributed by atoms with Crippen LogP contribution in [0, 0.1) is 0 Å². The fourth-order valence-corrected chi connectivity index (χ4v) is 2.09. The van der Waals surface area contributed by atoms with Gasteiger partial charge in [-0.05, 0) is 20.8 Å². The molecule has 0 spiro atoms. The second-order valence-corrected chi connectivity index (χ2v) is 5.23. The number of fused-ring (bicyclic) bond motifs is 1. The van der Waals surface area contributed by atoms with E-state index in [4.69, 9.17) is 5.11 Å². The molecule has 2 rings (SSSR count). The van der Waals surface area contributed by atoms with Gasteiger partial charge in [-0.1, -0.05) is 0 Å². The van der Waals surface area contributed by atoms with Gasteiger partial charge in [0.1, 0.15) is 0 Å². The van der Waals surface area contributed by atoms with Crippen LogP contribution in [-0.2, 0) is 20.1 Å². The number of hydrogen-bond acceptors (Lipinski definition) is 3.